The molecule has 2 heterocycles. The van der Waals surface area contributed by atoms with E-state index in [4.69, 9.17) is 4.74 Å². The van der Waals surface area contributed by atoms with Gasteiger partial charge in [0.05, 0.1) is 22.8 Å². The van der Waals surface area contributed by atoms with E-state index in [0.717, 1.165) is 30.4 Å². The van der Waals surface area contributed by atoms with Gasteiger partial charge in [-0.25, -0.2) is 0 Å². The molecule has 2 aliphatic rings. The van der Waals surface area contributed by atoms with Crippen LogP contribution in [0, 0.1) is 0 Å². The van der Waals surface area contributed by atoms with E-state index in [1.54, 1.807) is 13.8 Å². The highest BCUT2D eigenvalue weighted by Gasteiger charge is 2.34. The zero-order valence-corrected chi connectivity index (χ0v) is 17.6. The Morgan fingerprint density at radius 3 is 2.86 bits per heavy atom. The smallest absolute Gasteiger partial charge is 0.252 e. The van der Waals surface area contributed by atoms with E-state index < -0.39 is 17.3 Å². The fraction of sp³-hybridized carbons (Fsp3) is 0.522. The number of carbonyl (C=O) groups is 1. The van der Waals surface area contributed by atoms with E-state index in [1.807, 2.05) is 26.0 Å². The summed E-state index contributed by atoms with van der Waals surface area (Å²) in [5, 5.41) is 32.8. The first kappa shape index (κ1) is 21.4. The summed E-state index contributed by atoms with van der Waals surface area (Å²) in [4.78, 5) is 11.9. The lowest BCUT2D eigenvalue weighted by Crippen LogP contribution is -2.35. The molecule has 2 atom stereocenters. The van der Waals surface area contributed by atoms with E-state index in [1.165, 1.54) is 6.07 Å². The van der Waals surface area contributed by atoms with E-state index in [2.05, 4.69) is 11.4 Å². The molecule has 2 aliphatic heterocycles. The number of hydrogen-bond donors (Lipinski definition) is 4. The summed E-state index contributed by atoms with van der Waals surface area (Å²) >= 11 is 0. The molecular formula is C23H31NO5. The minimum absolute atomic E-state index is 0.0511. The summed E-state index contributed by atoms with van der Waals surface area (Å²) in [5.74, 6) is 0.442. The van der Waals surface area contributed by atoms with Crippen molar-refractivity contribution < 1.29 is 24.9 Å². The van der Waals surface area contributed by atoms with Gasteiger partial charge in [0.15, 0.2) is 0 Å². The predicted octanol–water partition coefficient (Wildman–Crippen LogP) is 3.44. The molecule has 0 saturated heterocycles. The molecule has 29 heavy (non-hydrogen) atoms. The summed E-state index contributed by atoms with van der Waals surface area (Å²) in [6.07, 6.45) is 7.96. The molecule has 6 heteroatoms. The average Bonchev–Trinajstić information content (AvgIpc) is 2.99. The Labute approximate surface area is 171 Å². The van der Waals surface area contributed by atoms with Crippen molar-refractivity contribution in [2.45, 2.75) is 77.2 Å². The van der Waals surface area contributed by atoms with Gasteiger partial charge in [-0.15, -0.1) is 0 Å². The zero-order valence-electron chi connectivity index (χ0n) is 17.6. The number of nitrogens with one attached hydrogen (secondary N) is 1. The number of hydrogen-bond acceptors (Lipinski definition) is 5. The number of allylic oxidation sites excluding steroid dienone is 2. The lowest BCUT2D eigenvalue weighted by Gasteiger charge is -2.33. The van der Waals surface area contributed by atoms with Crippen molar-refractivity contribution in [1.82, 2.24) is 5.32 Å². The monoisotopic (exact) mass is 401 g/mol. The SMILES string of the molecule is C/C(=C/CCC1(C)C=Cc2c(O)cc3c(c2O1)CNC3=O)CCC(O)C(C)(C)O. The van der Waals surface area contributed by atoms with Crippen LogP contribution in [0.4, 0.5) is 0 Å². The van der Waals surface area contributed by atoms with Gasteiger partial charge < -0.3 is 25.4 Å². The number of phenolic OH excluding ortho intramolecular Hbond substituents is 1. The van der Waals surface area contributed by atoms with E-state index in [9.17, 15) is 20.1 Å². The summed E-state index contributed by atoms with van der Waals surface area (Å²) in [6.45, 7) is 7.64. The van der Waals surface area contributed by atoms with Crippen molar-refractivity contribution in [3.63, 3.8) is 0 Å². The molecule has 0 fully saturated rings. The van der Waals surface area contributed by atoms with Gasteiger partial charge >= 0.3 is 0 Å². The fourth-order valence-corrected chi connectivity index (χ4v) is 3.71. The third kappa shape index (κ3) is 4.65. The van der Waals surface area contributed by atoms with Gasteiger partial charge in [-0.3, -0.25) is 4.79 Å². The number of aromatic hydroxyl groups is 1. The van der Waals surface area contributed by atoms with Gasteiger partial charge in [0.25, 0.3) is 5.91 Å². The number of aliphatic hydroxyl groups is 2. The molecule has 0 spiro atoms. The maximum atomic E-state index is 11.9. The quantitative estimate of drug-likeness (QED) is 0.525. The van der Waals surface area contributed by atoms with Crippen LogP contribution in [0.2, 0.25) is 0 Å². The molecule has 158 valence electrons. The first-order chi connectivity index (χ1) is 13.5. The van der Waals surface area contributed by atoms with Gasteiger partial charge in [-0.1, -0.05) is 11.6 Å². The summed E-state index contributed by atoms with van der Waals surface area (Å²) in [6, 6.07) is 1.50. The second kappa shape index (κ2) is 7.84. The van der Waals surface area contributed by atoms with Crippen LogP contribution in [-0.4, -0.2) is 38.5 Å². The first-order valence-electron chi connectivity index (χ1n) is 10.1. The first-order valence-corrected chi connectivity index (χ1v) is 10.1. The summed E-state index contributed by atoms with van der Waals surface area (Å²) in [5.41, 5.74) is 1.41. The standard InChI is InChI=1S/C23H31NO5/c1-14(7-8-19(26)22(2,3)28)6-5-10-23(4)11-9-15-18(25)12-16-17(20(15)29-23)13-24-21(16)27/h6,9,11-12,19,25-26,28H,5,7-8,10,13H2,1-4H3,(H,24,27)/b14-6-. The van der Waals surface area contributed by atoms with E-state index >= 15 is 0 Å². The van der Waals surface area contributed by atoms with Crippen LogP contribution in [0.5, 0.6) is 11.5 Å². The number of phenols is 1. The Bertz CT molecular complexity index is 865. The number of aliphatic hydroxyl groups excluding tert-OH is 1. The van der Waals surface area contributed by atoms with Crippen LogP contribution in [0.1, 0.15) is 74.9 Å². The Morgan fingerprint density at radius 1 is 1.45 bits per heavy atom. The molecule has 1 amide bonds. The molecule has 6 nitrogen and oxygen atoms in total. The molecule has 0 radical (unpaired) electrons. The van der Waals surface area contributed by atoms with Crippen LogP contribution in [0.3, 0.4) is 0 Å². The van der Waals surface area contributed by atoms with Crippen molar-refractivity contribution in [2.75, 3.05) is 0 Å². The van der Waals surface area contributed by atoms with Gasteiger partial charge in [-0.05, 0) is 71.6 Å². The second-order valence-corrected chi connectivity index (χ2v) is 8.89. The van der Waals surface area contributed by atoms with Gasteiger partial charge in [0.1, 0.15) is 17.1 Å². The molecule has 0 aromatic heterocycles. The Balaban J connectivity index is 1.64. The molecule has 0 saturated carbocycles. The largest absolute Gasteiger partial charge is 0.507 e. The van der Waals surface area contributed by atoms with E-state index in [-0.39, 0.29) is 11.7 Å². The lowest BCUT2D eigenvalue weighted by molar-refractivity contribution is -0.0509. The van der Waals surface area contributed by atoms with Crippen LogP contribution < -0.4 is 10.1 Å². The van der Waals surface area contributed by atoms with Gasteiger partial charge in [0.2, 0.25) is 0 Å². The molecule has 0 aliphatic carbocycles. The fourth-order valence-electron chi connectivity index (χ4n) is 3.71. The van der Waals surface area contributed by atoms with Crippen molar-refractivity contribution in [2.24, 2.45) is 0 Å². The van der Waals surface area contributed by atoms with Gasteiger partial charge in [0, 0.05) is 12.1 Å². The number of benzene rings is 1. The van der Waals surface area contributed by atoms with E-state index in [0.29, 0.717) is 29.8 Å². The summed E-state index contributed by atoms with van der Waals surface area (Å²) in [7, 11) is 0. The van der Waals surface area contributed by atoms with Crippen molar-refractivity contribution >= 4 is 12.0 Å². The number of amides is 1. The summed E-state index contributed by atoms with van der Waals surface area (Å²) < 4.78 is 6.27. The molecule has 4 N–H and O–H groups in total. The van der Waals surface area contributed by atoms with Gasteiger partial charge in [-0.2, -0.15) is 0 Å². The Kier molecular flexibility index (Phi) is 5.79. The molecule has 1 aromatic rings. The van der Waals surface area contributed by atoms with Crippen molar-refractivity contribution in [1.29, 1.82) is 0 Å². The molecule has 1 aromatic carbocycles. The molecular weight excluding hydrogens is 370 g/mol. The van der Waals surface area contributed by atoms with Crippen molar-refractivity contribution in [3.8, 4) is 11.5 Å². The average molecular weight is 402 g/mol. The minimum Gasteiger partial charge on any atom is -0.507 e. The normalized spacial score (nSPS) is 22.0. The number of ether oxygens (including phenoxy) is 1. The molecule has 2 unspecified atom stereocenters. The lowest BCUT2D eigenvalue weighted by atomic mass is 9.91. The van der Waals surface area contributed by atoms with Crippen LogP contribution in [0.15, 0.2) is 23.8 Å². The third-order valence-corrected chi connectivity index (χ3v) is 5.77. The number of rotatable bonds is 7. The maximum absolute atomic E-state index is 11.9. The topological polar surface area (TPSA) is 99.0 Å². The Morgan fingerprint density at radius 2 is 2.17 bits per heavy atom. The highest BCUT2D eigenvalue weighted by molar-refractivity contribution is 6.00. The van der Waals surface area contributed by atoms with Crippen molar-refractivity contribution in [3.05, 3.63) is 40.5 Å². The predicted molar refractivity (Wildman–Crippen MR) is 112 cm³/mol. The molecule has 0 bridgehead atoms. The van der Waals surface area contributed by atoms with Crippen LogP contribution >= 0.6 is 0 Å². The Hall–Kier alpha value is -2.31. The van der Waals surface area contributed by atoms with Crippen LogP contribution in [-0.2, 0) is 6.54 Å². The second-order valence-electron chi connectivity index (χ2n) is 8.89. The zero-order chi connectivity index (χ0) is 21.4. The highest BCUT2D eigenvalue weighted by atomic mass is 16.5. The van der Waals surface area contributed by atoms with Crippen LogP contribution in [0.25, 0.3) is 6.08 Å². The minimum atomic E-state index is -1.09. The highest BCUT2D eigenvalue weighted by Crippen LogP contribution is 2.43. The molecule has 3 rings (SSSR count). The maximum Gasteiger partial charge on any atom is 0.252 e. The number of fused-ring (bicyclic) bond motifs is 3. The third-order valence-electron chi connectivity index (χ3n) is 5.77. The number of carbonyl (C=O) groups excluding carboxylic acids is 1.